The third-order valence-electron chi connectivity index (χ3n) is 5.13. The minimum Gasteiger partial charge on any atom is -0.492 e. The molecule has 6 heteroatoms. The van der Waals surface area contributed by atoms with Gasteiger partial charge in [-0.3, -0.25) is 0 Å². The van der Waals surface area contributed by atoms with Gasteiger partial charge in [-0.1, -0.05) is 36.4 Å². The highest BCUT2D eigenvalue weighted by molar-refractivity contribution is 7.89. The molecule has 1 heterocycles. The molecule has 0 aliphatic carbocycles. The number of hydrogen-bond acceptors (Lipinski definition) is 4. The van der Waals surface area contributed by atoms with E-state index < -0.39 is 10.0 Å². The molecule has 5 nitrogen and oxygen atoms in total. The average molecular weight is 390 g/mol. The first-order chi connectivity index (χ1) is 13.0. The molecule has 1 aliphatic rings. The van der Waals surface area contributed by atoms with Crippen molar-refractivity contribution in [2.45, 2.75) is 37.0 Å². The van der Waals surface area contributed by atoms with Crippen molar-refractivity contribution in [2.75, 3.05) is 26.4 Å². The van der Waals surface area contributed by atoms with Crippen LogP contribution in [-0.2, 0) is 20.2 Å². The van der Waals surface area contributed by atoms with E-state index in [1.165, 1.54) is 0 Å². The fourth-order valence-corrected chi connectivity index (χ4v) is 4.89. The third kappa shape index (κ3) is 4.51. The monoisotopic (exact) mass is 389 g/mol. The van der Waals surface area contributed by atoms with Crippen LogP contribution < -0.4 is 9.46 Å². The number of nitrogens with one attached hydrogen (secondary N) is 1. The number of ether oxygens (including phenoxy) is 2. The van der Waals surface area contributed by atoms with Crippen molar-refractivity contribution in [1.29, 1.82) is 0 Å². The van der Waals surface area contributed by atoms with Crippen LogP contribution in [0.25, 0.3) is 0 Å². The molecule has 0 bridgehead atoms. The fourth-order valence-electron chi connectivity index (χ4n) is 3.53. The summed E-state index contributed by atoms with van der Waals surface area (Å²) in [5.74, 6) is 0.385. The Hall–Kier alpha value is -1.89. The molecule has 1 saturated heterocycles. The Morgan fingerprint density at radius 2 is 1.81 bits per heavy atom. The minimum absolute atomic E-state index is 0.194. The Kier molecular flexibility index (Phi) is 6.19. The molecule has 1 fully saturated rings. The first-order valence-electron chi connectivity index (χ1n) is 9.33. The van der Waals surface area contributed by atoms with Gasteiger partial charge in [0.2, 0.25) is 10.0 Å². The molecule has 0 radical (unpaired) electrons. The van der Waals surface area contributed by atoms with Gasteiger partial charge in [-0.25, -0.2) is 13.1 Å². The normalized spacial score (nSPS) is 16.8. The van der Waals surface area contributed by atoms with E-state index in [0.717, 1.165) is 24.0 Å². The summed E-state index contributed by atoms with van der Waals surface area (Å²) in [6.45, 7) is 5.73. The number of benzene rings is 2. The quantitative estimate of drug-likeness (QED) is 0.788. The van der Waals surface area contributed by atoms with Gasteiger partial charge in [-0.05, 0) is 49.9 Å². The highest BCUT2D eigenvalue weighted by Gasteiger charge is 2.36. The molecule has 146 valence electrons. The molecule has 1 N–H and O–H groups in total. The molecule has 0 spiro atoms. The molecule has 0 saturated carbocycles. The van der Waals surface area contributed by atoms with Crippen molar-refractivity contribution in [3.8, 4) is 5.75 Å². The van der Waals surface area contributed by atoms with Crippen LogP contribution in [0.2, 0.25) is 0 Å². The van der Waals surface area contributed by atoms with Crippen molar-refractivity contribution >= 4 is 10.0 Å². The number of sulfonamides is 1. The summed E-state index contributed by atoms with van der Waals surface area (Å²) in [6, 6.07) is 15.3. The summed E-state index contributed by atoms with van der Waals surface area (Å²) in [5.41, 5.74) is 1.76. The van der Waals surface area contributed by atoms with E-state index in [4.69, 9.17) is 9.47 Å². The first kappa shape index (κ1) is 19.9. The molecule has 0 unspecified atom stereocenters. The van der Waals surface area contributed by atoms with Crippen LogP contribution in [0.4, 0.5) is 0 Å². The van der Waals surface area contributed by atoms with Crippen molar-refractivity contribution in [3.63, 3.8) is 0 Å². The van der Waals surface area contributed by atoms with Gasteiger partial charge in [0.05, 0.1) is 6.61 Å². The fraction of sp³-hybridized carbons (Fsp3) is 0.429. The van der Waals surface area contributed by atoms with Crippen LogP contribution >= 0.6 is 0 Å². The van der Waals surface area contributed by atoms with Gasteiger partial charge in [0.25, 0.3) is 0 Å². The zero-order chi connectivity index (χ0) is 19.3. The summed E-state index contributed by atoms with van der Waals surface area (Å²) in [5, 5.41) is 0. The summed E-state index contributed by atoms with van der Waals surface area (Å²) in [6.07, 6.45) is 1.57. The lowest BCUT2D eigenvalue weighted by atomic mass is 9.74. The Bertz CT molecular complexity index is 859. The van der Waals surface area contributed by atoms with Gasteiger partial charge >= 0.3 is 0 Å². The topological polar surface area (TPSA) is 64.6 Å². The highest BCUT2D eigenvalue weighted by atomic mass is 32.2. The molecule has 0 atom stereocenters. The average Bonchev–Trinajstić information content (AvgIpc) is 2.69. The van der Waals surface area contributed by atoms with Crippen LogP contribution in [0.15, 0.2) is 53.4 Å². The van der Waals surface area contributed by atoms with Crippen molar-refractivity contribution < 1.29 is 17.9 Å². The largest absolute Gasteiger partial charge is 0.492 e. The lowest BCUT2D eigenvalue weighted by Crippen LogP contribution is -2.44. The smallest absolute Gasteiger partial charge is 0.244 e. The number of rotatable bonds is 7. The van der Waals surface area contributed by atoms with E-state index in [1.54, 1.807) is 12.1 Å². The Labute approximate surface area is 161 Å². The van der Waals surface area contributed by atoms with Gasteiger partial charge in [0.1, 0.15) is 10.6 Å². The van der Waals surface area contributed by atoms with E-state index in [1.807, 2.05) is 38.1 Å². The van der Waals surface area contributed by atoms with E-state index in [9.17, 15) is 8.42 Å². The van der Waals surface area contributed by atoms with Gasteiger partial charge < -0.3 is 9.47 Å². The Balaban J connectivity index is 1.88. The van der Waals surface area contributed by atoms with Crippen LogP contribution in [0.3, 0.4) is 0 Å². The van der Waals surface area contributed by atoms with E-state index in [2.05, 4.69) is 16.9 Å². The second-order valence-electron chi connectivity index (χ2n) is 6.97. The number of hydrogen-bond donors (Lipinski definition) is 1. The predicted molar refractivity (Wildman–Crippen MR) is 106 cm³/mol. The molecule has 1 aliphatic heterocycles. The third-order valence-corrected chi connectivity index (χ3v) is 6.55. The Morgan fingerprint density at radius 3 is 2.48 bits per heavy atom. The summed E-state index contributed by atoms with van der Waals surface area (Å²) >= 11 is 0. The molecular weight excluding hydrogens is 362 g/mol. The van der Waals surface area contributed by atoms with Crippen LogP contribution in [0.1, 0.15) is 30.9 Å². The van der Waals surface area contributed by atoms with Crippen LogP contribution in [0, 0.1) is 6.92 Å². The maximum atomic E-state index is 13.1. The minimum atomic E-state index is -3.70. The first-order valence-corrected chi connectivity index (χ1v) is 10.8. The molecule has 2 aromatic carbocycles. The maximum Gasteiger partial charge on any atom is 0.244 e. The zero-order valence-corrected chi connectivity index (χ0v) is 16.7. The number of aryl methyl sites for hydroxylation is 1. The highest BCUT2D eigenvalue weighted by Crippen LogP contribution is 2.35. The summed E-state index contributed by atoms with van der Waals surface area (Å²) < 4.78 is 40.1. The van der Waals surface area contributed by atoms with Gasteiger partial charge in [0.15, 0.2) is 0 Å². The predicted octanol–water partition coefficient (Wildman–Crippen LogP) is 3.42. The van der Waals surface area contributed by atoms with Crippen LogP contribution in [0.5, 0.6) is 5.75 Å². The summed E-state index contributed by atoms with van der Waals surface area (Å²) in [7, 11) is -3.70. The van der Waals surface area contributed by atoms with Crippen LogP contribution in [-0.4, -0.2) is 34.8 Å². The van der Waals surface area contributed by atoms with E-state index in [-0.39, 0.29) is 10.3 Å². The van der Waals surface area contributed by atoms with E-state index >= 15 is 0 Å². The maximum absolute atomic E-state index is 13.1. The van der Waals surface area contributed by atoms with Gasteiger partial charge in [-0.2, -0.15) is 0 Å². The van der Waals surface area contributed by atoms with Crippen molar-refractivity contribution in [2.24, 2.45) is 0 Å². The summed E-state index contributed by atoms with van der Waals surface area (Å²) in [4.78, 5) is 0.194. The van der Waals surface area contributed by atoms with Crippen molar-refractivity contribution in [1.82, 2.24) is 4.72 Å². The van der Waals surface area contributed by atoms with Crippen molar-refractivity contribution in [3.05, 3.63) is 59.7 Å². The van der Waals surface area contributed by atoms with Gasteiger partial charge in [-0.15, -0.1) is 0 Å². The zero-order valence-electron chi connectivity index (χ0n) is 15.9. The van der Waals surface area contributed by atoms with E-state index in [0.29, 0.717) is 32.1 Å². The molecule has 2 aromatic rings. The Morgan fingerprint density at radius 1 is 1.11 bits per heavy atom. The standard InChI is InChI=1S/C21H27NO4S/c1-3-26-19-10-9-17(2)15-20(19)27(23,24)22-16-21(11-13-25-14-12-21)18-7-5-4-6-8-18/h4-10,15,22H,3,11-14,16H2,1-2H3. The lowest BCUT2D eigenvalue weighted by Gasteiger charge is -2.38. The second kappa shape index (κ2) is 8.42. The molecule has 27 heavy (non-hydrogen) atoms. The SMILES string of the molecule is CCOc1ccc(C)cc1S(=O)(=O)NCC1(c2ccccc2)CCOCC1. The lowest BCUT2D eigenvalue weighted by molar-refractivity contribution is 0.0517. The second-order valence-corrected chi connectivity index (χ2v) is 8.70. The molecule has 3 rings (SSSR count). The molecule has 0 amide bonds. The molecular formula is C21H27NO4S. The molecule has 0 aromatic heterocycles. The van der Waals surface area contributed by atoms with Gasteiger partial charge in [0, 0.05) is 25.2 Å².